The third-order valence-corrected chi connectivity index (χ3v) is 2.05. The van der Waals surface area contributed by atoms with Gasteiger partial charge in [0.15, 0.2) is 0 Å². The Morgan fingerprint density at radius 2 is 2.07 bits per heavy atom. The summed E-state index contributed by atoms with van der Waals surface area (Å²) in [6.45, 7) is 1.39. The molecule has 0 spiro atoms. The van der Waals surface area contributed by atoms with E-state index in [1.807, 2.05) is 30.3 Å². The molecule has 1 rings (SSSR count). The second kappa shape index (κ2) is 6.00. The second-order valence-corrected chi connectivity index (χ2v) is 3.35. The number of carbonyl (C=O) groups is 1. The minimum atomic E-state index is -0.165. The summed E-state index contributed by atoms with van der Waals surface area (Å²) in [4.78, 5) is 11.1. The number of hydrogen-bond acceptors (Lipinski definition) is 2. The van der Waals surface area contributed by atoms with Gasteiger partial charge in [0.05, 0.1) is 5.92 Å². The van der Waals surface area contributed by atoms with Gasteiger partial charge < -0.3 is 5.11 Å². The Hall–Kier alpha value is -1.59. The molecule has 0 aliphatic heterocycles. The van der Waals surface area contributed by atoms with Crippen LogP contribution in [0, 0.1) is 11.8 Å². The zero-order chi connectivity index (χ0) is 11.1. The van der Waals surface area contributed by atoms with Gasteiger partial charge in [0.1, 0.15) is 12.4 Å². The van der Waals surface area contributed by atoms with Crippen LogP contribution in [0.2, 0.25) is 0 Å². The molecular formula is C13H14O2. The molecule has 0 bridgehead atoms. The van der Waals surface area contributed by atoms with E-state index in [2.05, 4.69) is 11.8 Å². The SMILES string of the molecule is CC(=O)CC(C#CCO)c1ccccc1. The van der Waals surface area contributed by atoms with Gasteiger partial charge >= 0.3 is 0 Å². The van der Waals surface area contributed by atoms with E-state index in [0.717, 1.165) is 5.56 Å². The van der Waals surface area contributed by atoms with Gasteiger partial charge in [0, 0.05) is 6.42 Å². The summed E-state index contributed by atoms with van der Waals surface area (Å²) in [6.07, 6.45) is 0.400. The van der Waals surface area contributed by atoms with Crippen LogP contribution in [0.25, 0.3) is 0 Å². The van der Waals surface area contributed by atoms with Crippen molar-refractivity contribution in [2.45, 2.75) is 19.3 Å². The van der Waals surface area contributed by atoms with Crippen LogP contribution in [0.5, 0.6) is 0 Å². The van der Waals surface area contributed by atoms with Crippen molar-refractivity contribution in [1.29, 1.82) is 0 Å². The Labute approximate surface area is 89.9 Å². The molecule has 0 fully saturated rings. The average Bonchev–Trinajstić information content (AvgIpc) is 2.25. The third-order valence-electron chi connectivity index (χ3n) is 2.05. The van der Waals surface area contributed by atoms with E-state index in [1.165, 1.54) is 0 Å². The van der Waals surface area contributed by atoms with E-state index < -0.39 is 0 Å². The molecule has 0 aromatic heterocycles. The van der Waals surface area contributed by atoms with Crippen molar-refractivity contribution in [3.8, 4) is 11.8 Å². The first kappa shape index (κ1) is 11.5. The number of aliphatic hydroxyl groups is 1. The fraction of sp³-hybridized carbons (Fsp3) is 0.308. The van der Waals surface area contributed by atoms with Crippen LogP contribution in [-0.2, 0) is 4.79 Å². The summed E-state index contributed by atoms with van der Waals surface area (Å²) < 4.78 is 0. The van der Waals surface area contributed by atoms with Crippen molar-refractivity contribution in [2.24, 2.45) is 0 Å². The molecular weight excluding hydrogens is 188 g/mol. The number of benzene rings is 1. The van der Waals surface area contributed by atoms with E-state index in [4.69, 9.17) is 5.11 Å². The number of Topliss-reactive ketones (excluding diaryl/α,β-unsaturated/α-hetero) is 1. The van der Waals surface area contributed by atoms with Crippen molar-refractivity contribution in [3.63, 3.8) is 0 Å². The maximum Gasteiger partial charge on any atom is 0.131 e. The summed E-state index contributed by atoms with van der Waals surface area (Å²) >= 11 is 0. The van der Waals surface area contributed by atoms with Crippen LogP contribution in [-0.4, -0.2) is 17.5 Å². The molecule has 1 aromatic carbocycles. The number of carbonyl (C=O) groups excluding carboxylic acids is 1. The lowest BCUT2D eigenvalue weighted by Crippen LogP contribution is -2.02. The molecule has 0 heterocycles. The van der Waals surface area contributed by atoms with E-state index >= 15 is 0 Å². The van der Waals surface area contributed by atoms with Crippen LogP contribution in [0.3, 0.4) is 0 Å². The van der Waals surface area contributed by atoms with Crippen LogP contribution in [0.1, 0.15) is 24.8 Å². The highest BCUT2D eigenvalue weighted by Gasteiger charge is 2.10. The highest BCUT2D eigenvalue weighted by Crippen LogP contribution is 2.18. The van der Waals surface area contributed by atoms with Crippen LogP contribution in [0.15, 0.2) is 30.3 Å². The zero-order valence-electron chi connectivity index (χ0n) is 8.73. The van der Waals surface area contributed by atoms with E-state index in [-0.39, 0.29) is 18.3 Å². The number of rotatable bonds is 3. The topological polar surface area (TPSA) is 37.3 Å². The predicted octanol–water partition coefficient (Wildman–Crippen LogP) is 1.75. The van der Waals surface area contributed by atoms with E-state index in [1.54, 1.807) is 6.92 Å². The fourth-order valence-electron chi connectivity index (χ4n) is 1.39. The standard InChI is InChI=1S/C13H14O2/c1-11(15)10-13(8-5-9-14)12-6-3-2-4-7-12/h2-4,6-7,13-14H,9-10H2,1H3. The van der Waals surface area contributed by atoms with E-state index in [0.29, 0.717) is 6.42 Å². The molecule has 2 nitrogen and oxygen atoms in total. The van der Waals surface area contributed by atoms with Crippen molar-refractivity contribution >= 4 is 5.78 Å². The molecule has 78 valence electrons. The highest BCUT2D eigenvalue weighted by molar-refractivity contribution is 5.77. The van der Waals surface area contributed by atoms with Crippen molar-refractivity contribution in [3.05, 3.63) is 35.9 Å². The monoisotopic (exact) mass is 202 g/mol. The highest BCUT2D eigenvalue weighted by atomic mass is 16.2. The Morgan fingerprint density at radius 3 is 2.60 bits per heavy atom. The third kappa shape index (κ3) is 3.97. The Bertz CT molecular complexity index is 371. The molecule has 15 heavy (non-hydrogen) atoms. The first-order valence-corrected chi connectivity index (χ1v) is 4.87. The maximum absolute atomic E-state index is 11.1. The maximum atomic E-state index is 11.1. The van der Waals surface area contributed by atoms with Gasteiger partial charge in [-0.15, -0.1) is 0 Å². The molecule has 1 aromatic rings. The van der Waals surface area contributed by atoms with Gasteiger partial charge in [-0.2, -0.15) is 0 Å². The quantitative estimate of drug-likeness (QED) is 0.758. The normalized spacial score (nSPS) is 11.3. The van der Waals surface area contributed by atoms with Crippen LogP contribution < -0.4 is 0 Å². The lowest BCUT2D eigenvalue weighted by molar-refractivity contribution is -0.117. The lowest BCUT2D eigenvalue weighted by Gasteiger charge is -2.08. The molecule has 1 unspecified atom stereocenters. The molecule has 0 saturated carbocycles. The van der Waals surface area contributed by atoms with Crippen molar-refractivity contribution in [1.82, 2.24) is 0 Å². The summed E-state index contributed by atoms with van der Waals surface area (Å²) in [5.41, 5.74) is 1.02. The number of ketones is 1. The van der Waals surface area contributed by atoms with Crippen molar-refractivity contribution in [2.75, 3.05) is 6.61 Å². The van der Waals surface area contributed by atoms with Crippen LogP contribution in [0.4, 0.5) is 0 Å². The molecule has 2 heteroatoms. The first-order valence-electron chi connectivity index (χ1n) is 4.87. The molecule has 0 aliphatic carbocycles. The minimum Gasteiger partial charge on any atom is -0.384 e. The zero-order valence-corrected chi connectivity index (χ0v) is 8.73. The number of aliphatic hydroxyl groups excluding tert-OH is 1. The Morgan fingerprint density at radius 1 is 1.40 bits per heavy atom. The first-order chi connectivity index (χ1) is 7.24. The van der Waals surface area contributed by atoms with Gasteiger partial charge in [-0.05, 0) is 12.5 Å². The van der Waals surface area contributed by atoms with Gasteiger partial charge in [0.25, 0.3) is 0 Å². The lowest BCUT2D eigenvalue weighted by atomic mass is 9.95. The van der Waals surface area contributed by atoms with Gasteiger partial charge in [-0.3, -0.25) is 4.79 Å². The summed E-state index contributed by atoms with van der Waals surface area (Å²) in [7, 11) is 0. The Balaban J connectivity index is 2.86. The minimum absolute atomic E-state index is 0.101. The molecule has 1 N–H and O–H groups in total. The summed E-state index contributed by atoms with van der Waals surface area (Å²) in [5.74, 6) is 5.51. The van der Waals surface area contributed by atoms with Gasteiger partial charge in [0.2, 0.25) is 0 Å². The molecule has 0 saturated heterocycles. The van der Waals surface area contributed by atoms with E-state index in [9.17, 15) is 4.79 Å². The predicted molar refractivity (Wildman–Crippen MR) is 59.3 cm³/mol. The second-order valence-electron chi connectivity index (χ2n) is 3.35. The fourth-order valence-corrected chi connectivity index (χ4v) is 1.39. The Kier molecular flexibility index (Phi) is 4.59. The largest absolute Gasteiger partial charge is 0.384 e. The smallest absolute Gasteiger partial charge is 0.131 e. The molecule has 1 atom stereocenters. The average molecular weight is 202 g/mol. The number of hydrogen-bond donors (Lipinski definition) is 1. The van der Waals surface area contributed by atoms with Gasteiger partial charge in [-0.1, -0.05) is 42.2 Å². The molecule has 0 aliphatic rings. The molecule has 0 amide bonds. The molecule has 0 radical (unpaired) electrons. The van der Waals surface area contributed by atoms with Gasteiger partial charge in [-0.25, -0.2) is 0 Å². The summed E-state index contributed by atoms with van der Waals surface area (Å²) in [5, 5.41) is 8.64. The van der Waals surface area contributed by atoms with Crippen molar-refractivity contribution < 1.29 is 9.90 Å². The summed E-state index contributed by atoms with van der Waals surface area (Å²) in [6, 6.07) is 9.65. The van der Waals surface area contributed by atoms with Crippen LogP contribution >= 0.6 is 0 Å².